The van der Waals surface area contributed by atoms with E-state index >= 15 is 0 Å². The highest BCUT2D eigenvalue weighted by atomic mass is 35.5. The van der Waals surface area contributed by atoms with Crippen molar-refractivity contribution < 1.29 is 4.84 Å². The minimum absolute atomic E-state index is 0. The Kier molecular flexibility index (Phi) is 10.0. The van der Waals surface area contributed by atoms with Gasteiger partial charge in [0.1, 0.15) is 0 Å². The number of nitrogen functional groups attached to an aromatic ring is 1. The minimum Gasteiger partial charge on any atom is -0.399 e. The average Bonchev–Trinajstić information content (AvgIpc) is 3.26. The summed E-state index contributed by atoms with van der Waals surface area (Å²) in [7, 11) is 2.16. The molecule has 11 heteroatoms. The number of halogens is 3. The van der Waals surface area contributed by atoms with Gasteiger partial charge in [-0.3, -0.25) is 0 Å². The van der Waals surface area contributed by atoms with Crippen LogP contribution in [0.4, 0.5) is 23.0 Å². The molecule has 0 aliphatic carbocycles. The van der Waals surface area contributed by atoms with Crippen molar-refractivity contribution in [3.8, 4) is 5.75 Å². The molecule has 0 amide bonds. The van der Waals surface area contributed by atoms with E-state index in [0.29, 0.717) is 17.4 Å². The minimum atomic E-state index is 0. The molecule has 1 saturated heterocycles. The molecule has 0 radical (unpaired) electrons. The van der Waals surface area contributed by atoms with Gasteiger partial charge in [0, 0.05) is 43.6 Å². The van der Waals surface area contributed by atoms with Gasteiger partial charge in [-0.05, 0) is 54.9 Å². The molecule has 0 saturated carbocycles. The standard InChI is InChI=1S/C23H24N6OS.3ClH/c1-27-10-12-28(13-11-27)18-5-7-19(8-6-18)29(30-20-4-2-3-17(24)15-20)23-25-16-22-21(26-23)9-14-31-22;;;/h2-9,14-16H,10-13,24H2,1H3;3*1H. The van der Waals surface area contributed by atoms with E-state index in [9.17, 15) is 0 Å². The van der Waals surface area contributed by atoms with Crippen molar-refractivity contribution in [2.45, 2.75) is 0 Å². The molecular weight excluding hydrogens is 515 g/mol. The Bertz CT molecular complexity index is 1180. The van der Waals surface area contributed by atoms with Crippen molar-refractivity contribution in [1.29, 1.82) is 0 Å². The third kappa shape index (κ3) is 6.14. The molecule has 0 spiro atoms. The molecule has 2 aromatic heterocycles. The summed E-state index contributed by atoms with van der Waals surface area (Å²) in [5.41, 5.74) is 9.52. The Balaban J connectivity index is 0.00000136. The molecule has 4 aromatic rings. The molecule has 0 atom stereocenters. The average molecular weight is 542 g/mol. The van der Waals surface area contributed by atoms with Gasteiger partial charge in [-0.2, -0.15) is 0 Å². The summed E-state index contributed by atoms with van der Waals surface area (Å²) < 4.78 is 1.04. The normalized spacial score (nSPS) is 13.4. The summed E-state index contributed by atoms with van der Waals surface area (Å²) in [5, 5.41) is 3.66. The molecule has 0 unspecified atom stereocenters. The van der Waals surface area contributed by atoms with Crippen LogP contribution >= 0.6 is 48.6 Å². The maximum absolute atomic E-state index is 6.20. The van der Waals surface area contributed by atoms with Gasteiger partial charge in [0.05, 0.1) is 22.1 Å². The van der Waals surface area contributed by atoms with E-state index in [1.165, 1.54) is 5.69 Å². The lowest BCUT2D eigenvalue weighted by molar-refractivity contribution is 0.312. The quantitative estimate of drug-likeness (QED) is 0.267. The largest absolute Gasteiger partial charge is 0.399 e. The molecular formula is C23H27Cl3N6OS. The molecule has 182 valence electrons. The predicted octanol–water partition coefficient (Wildman–Crippen LogP) is 5.42. The zero-order valence-electron chi connectivity index (χ0n) is 18.5. The number of nitrogens with zero attached hydrogens (tertiary/aromatic N) is 5. The number of nitrogens with two attached hydrogens (primary N) is 1. The lowest BCUT2D eigenvalue weighted by atomic mass is 10.2. The van der Waals surface area contributed by atoms with Crippen LogP contribution in [-0.2, 0) is 0 Å². The molecule has 2 N–H and O–H groups in total. The maximum Gasteiger partial charge on any atom is 0.264 e. The number of anilines is 4. The second kappa shape index (κ2) is 12.3. The van der Waals surface area contributed by atoms with Crippen LogP contribution in [0.3, 0.4) is 0 Å². The van der Waals surface area contributed by atoms with Crippen LogP contribution in [0.1, 0.15) is 0 Å². The van der Waals surface area contributed by atoms with Crippen LogP contribution in [0.15, 0.2) is 66.2 Å². The molecule has 34 heavy (non-hydrogen) atoms. The topological polar surface area (TPSA) is 70.8 Å². The van der Waals surface area contributed by atoms with Gasteiger partial charge >= 0.3 is 0 Å². The molecule has 5 rings (SSSR count). The molecule has 3 heterocycles. The van der Waals surface area contributed by atoms with E-state index in [2.05, 4.69) is 34.0 Å². The highest BCUT2D eigenvalue weighted by Crippen LogP contribution is 2.30. The van der Waals surface area contributed by atoms with Crippen LogP contribution in [0, 0.1) is 0 Å². The molecule has 2 aromatic carbocycles. The fraction of sp³-hybridized carbons (Fsp3) is 0.217. The fourth-order valence-corrected chi connectivity index (χ4v) is 4.29. The summed E-state index contributed by atoms with van der Waals surface area (Å²) in [4.78, 5) is 20.2. The van der Waals surface area contributed by atoms with Gasteiger partial charge in [-0.1, -0.05) is 6.07 Å². The molecule has 1 aliphatic rings. The van der Waals surface area contributed by atoms with Gasteiger partial charge in [0.2, 0.25) is 0 Å². The number of fused-ring (bicyclic) bond motifs is 1. The Morgan fingerprint density at radius 2 is 1.71 bits per heavy atom. The van der Waals surface area contributed by atoms with Crippen molar-refractivity contribution in [3.05, 3.63) is 66.2 Å². The Hall–Kier alpha value is -2.49. The Morgan fingerprint density at radius 3 is 2.41 bits per heavy atom. The van der Waals surface area contributed by atoms with Gasteiger partial charge in [-0.25, -0.2) is 9.97 Å². The first-order valence-corrected chi connectivity index (χ1v) is 11.1. The number of piperazine rings is 1. The highest BCUT2D eigenvalue weighted by Gasteiger charge is 2.18. The monoisotopic (exact) mass is 540 g/mol. The first-order chi connectivity index (χ1) is 15.2. The molecule has 7 nitrogen and oxygen atoms in total. The van der Waals surface area contributed by atoms with Gasteiger partial charge in [0.15, 0.2) is 5.75 Å². The highest BCUT2D eigenvalue weighted by molar-refractivity contribution is 7.17. The zero-order chi connectivity index (χ0) is 21.2. The van der Waals surface area contributed by atoms with Gasteiger partial charge in [0.25, 0.3) is 5.95 Å². The summed E-state index contributed by atoms with van der Waals surface area (Å²) in [5.74, 6) is 1.10. The lowest BCUT2D eigenvalue weighted by Gasteiger charge is -2.34. The smallest absolute Gasteiger partial charge is 0.264 e. The van der Waals surface area contributed by atoms with Crippen molar-refractivity contribution in [1.82, 2.24) is 14.9 Å². The van der Waals surface area contributed by atoms with Crippen LogP contribution in [-0.4, -0.2) is 48.1 Å². The Morgan fingerprint density at radius 1 is 0.971 bits per heavy atom. The first kappa shape index (κ1) is 27.8. The van der Waals surface area contributed by atoms with Crippen LogP contribution in [0.5, 0.6) is 5.75 Å². The summed E-state index contributed by atoms with van der Waals surface area (Å²) in [6.07, 6.45) is 1.83. The lowest BCUT2D eigenvalue weighted by Crippen LogP contribution is -2.44. The third-order valence-corrected chi connectivity index (χ3v) is 6.22. The predicted molar refractivity (Wildman–Crippen MR) is 149 cm³/mol. The van der Waals surface area contributed by atoms with Crippen molar-refractivity contribution in [3.63, 3.8) is 0 Å². The number of benzene rings is 2. The van der Waals surface area contributed by atoms with Crippen molar-refractivity contribution in [2.24, 2.45) is 0 Å². The number of hydrogen-bond acceptors (Lipinski definition) is 8. The number of thiophene rings is 1. The van der Waals surface area contributed by atoms with Crippen LogP contribution in [0.25, 0.3) is 10.2 Å². The summed E-state index contributed by atoms with van der Waals surface area (Å²) >= 11 is 1.62. The van der Waals surface area contributed by atoms with E-state index in [1.54, 1.807) is 22.5 Å². The number of hydrogen-bond donors (Lipinski definition) is 1. The van der Waals surface area contributed by atoms with E-state index in [-0.39, 0.29) is 37.2 Å². The molecule has 1 fully saturated rings. The maximum atomic E-state index is 6.20. The Labute approximate surface area is 221 Å². The number of rotatable bonds is 5. The number of aromatic nitrogens is 2. The summed E-state index contributed by atoms with van der Waals surface area (Å²) in [6.45, 7) is 4.19. The fourth-order valence-electron chi connectivity index (χ4n) is 3.60. The van der Waals surface area contributed by atoms with Crippen LogP contribution < -0.4 is 20.5 Å². The second-order valence-corrected chi connectivity index (χ2v) is 8.55. The molecule has 0 bridgehead atoms. The zero-order valence-corrected chi connectivity index (χ0v) is 21.8. The van der Waals surface area contributed by atoms with Crippen molar-refractivity contribution in [2.75, 3.05) is 48.9 Å². The van der Waals surface area contributed by atoms with Gasteiger partial charge in [-0.15, -0.1) is 53.6 Å². The SMILES string of the molecule is CN1CCN(c2ccc(N(Oc3cccc(N)c3)c3ncc4sccc4n3)cc2)CC1.Cl.Cl.Cl. The van der Waals surface area contributed by atoms with E-state index in [4.69, 9.17) is 15.6 Å². The van der Waals surface area contributed by atoms with Crippen LogP contribution in [0.2, 0.25) is 0 Å². The third-order valence-electron chi connectivity index (χ3n) is 5.38. The van der Waals surface area contributed by atoms with E-state index in [0.717, 1.165) is 42.1 Å². The van der Waals surface area contributed by atoms with E-state index < -0.39 is 0 Å². The van der Waals surface area contributed by atoms with E-state index in [1.807, 2.05) is 48.0 Å². The van der Waals surface area contributed by atoms with Gasteiger partial charge < -0.3 is 20.4 Å². The number of likely N-dealkylation sites (N-methyl/N-ethyl adjacent to an activating group) is 1. The first-order valence-electron chi connectivity index (χ1n) is 10.2. The summed E-state index contributed by atoms with van der Waals surface area (Å²) in [6, 6.07) is 17.7. The second-order valence-electron chi connectivity index (χ2n) is 7.60. The molecule has 1 aliphatic heterocycles. The van der Waals surface area contributed by atoms with Crippen molar-refractivity contribution >= 4 is 81.8 Å².